The van der Waals surface area contributed by atoms with Crippen molar-refractivity contribution in [2.24, 2.45) is 5.73 Å². The Hall–Kier alpha value is -2.24. The van der Waals surface area contributed by atoms with E-state index in [0.29, 0.717) is 17.0 Å². The number of carbonyl (C=O) groups is 1. The highest BCUT2D eigenvalue weighted by molar-refractivity contribution is 6.33. The zero-order valence-corrected chi connectivity index (χ0v) is 11.2. The molecule has 6 heteroatoms. The summed E-state index contributed by atoms with van der Waals surface area (Å²) in [6, 6.07) is 9.71. The van der Waals surface area contributed by atoms with Crippen LogP contribution in [0.1, 0.15) is 15.9 Å². The van der Waals surface area contributed by atoms with Gasteiger partial charge in [-0.15, -0.1) is 0 Å². The number of nitrogen functional groups attached to an aromatic ring is 1. The lowest BCUT2D eigenvalue weighted by Crippen LogP contribution is -2.13. The number of hydrogen-bond acceptors (Lipinski definition) is 4. The molecule has 1 amide bonds. The predicted molar refractivity (Wildman–Crippen MR) is 76.8 cm³/mol. The van der Waals surface area contributed by atoms with E-state index >= 15 is 0 Å². The Labute approximate surface area is 120 Å². The monoisotopic (exact) mass is 292 g/mol. The Morgan fingerprint density at radius 2 is 2.00 bits per heavy atom. The van der Waals surface area contributed by atoms with E-state index in [1.54, 1.807) is 24.3 Å². The van der Waals surface area contributed by atoms with Crippen molar-refractivity contribution in [2.75, 3.05) is 5.73 Å². The van der Waals surface area contributed by atoms with Crippen molar-refractivity contribution < 1.29 is 14.6 Å². The number of anilines is 1. The fourth-order valence-electron chi connectivity index (χ4n) is 1.75. The van der Waals surface area contributed by atoms with E-state index in [1.807, 2.05) is 0 Å². The molecule has 0 aliphatic rings. The van der Waals surface area contributed by atoms with E-state index in [9.17, 15) is 9.90 Å². The highest BCUT2D eigenvalue weighted by Crippen LogP contribution is 2.36. The van der Waals surface area contributed by atoms with E-state index in [2.05, 4.69) is 0 Å². The van der Waals surface area contributed by atoms with Crippen LogP contribution in [-0.4, -0.2) is 11.0 Å². The maximum atomic E-state index is 11.4. The molecule has 0 heterocycles. The number of halogens is 1. The number of hydrogen-bond donors (Lipinski definition) is 3. The third kappa shape index (κ3) is 2.84. The van der Waals surface area contributed by atoms with Crippen molar-refractivity contribution in [2.45, 2.75) is 6.61 Å². The number of ether oxygens (including phenoxy) is 1. The van der Waals surface area contributed by atoms with Gasteiger partial charge in [0.05, 0.1) is 17.2 Å². The number of nitrogens with two attached hydrogens (primary N) is 2. The van der Waals surface area contributed by atoms with Crippen molar-refractivity contribution >= 4 is 23.2 Å². The molecule has 0 fully saturated rings. The number of aliphatic hydroxyl groups is 1. The number of para-hydroxylation sites is 1. The first kappa shape index (κ1) is 14.2. The Morgan fingerprint density at radius 1 is 1.30 bits per heavy atom. The number of carbonyl (C=O) groups excluding carboxylic acids is 1. The van der Waals surface area contributed by atoms with E-state index in [4.69, 9.17) is 27.8 Å². The van der Waals surface area contributed by atoms with E-state index in [-0.39, 0.29) is 22.9 Å². The van der Waals surface area contributed by atoms with Crippen molar-refractivity contribution in [1.29, 1.82) is 0 Å². The quantitative estimate of drug-likeness (QED) is 0.753. The number of primary amides is 1. The van der Waals surface area contributed by atoms with Crippen molar-refractivity contribution in [1.82, 2.24) is 0 Å². The first-order valence-electron chi connectivity index (χ1n) is 5.78. The molecule has 0 saturated heterocycles. The third-order valence-corrected chi connectivity index (χ3v) is 2.97. The summed E-state index contributed by atoms with van der Waals surface area (Å²) in [5.74, 6) is -0.186. The van der Waals surface area contributed by atoms with Gasteiger partial charge in [0.25, 0.3) is 5.91 Å². The molecule has 0 aliphatic carbocycles. The van der Waals surface area contributed by atoms with Crippen LogP contribution in [0.25, 0.3) is 0 Å². The Balaban J connectivity index is 2.50. The highest BCUT2D eigenvalue weighted by atomic mass is 35.5. The minimum absolute atomic E-state index is 0.0859. The van der Waals surface area contributed by atoms with Gasteiger partial charge in [-0.05, 0) is 18.2 Å². The number of amides is 1. The second-order valence-corrected chi connectivity index (χ2v) is 4.52. The summed E-state index contributed by atoms with van der Waals surface area (Å²) >= 11 is 6.05. The van der Waals surface area contributed by atoms with Gasteiger partial charge in [0, 0.05) is 11.3 Å². The van der Waals surface area contributed by atoms with Crippen LogP contribution in [0.5, 0.6) is 11.5 Å². The Bertz CT molecular complexity index is 659. The SMILES string of the molecule is NC(=O)c1cc(N)cc(Cl)c1Oc1ccccc1CO. The standard InChI is InChI=1S/C14H13ClN2O3/c15-11-6-9(16)5-10(14(17)19)13(11)20-12-4-2-1-3-8(12)7-18/h1-6,18H,7,16H2,(H2,17,19). The molecule has 0 spiro atoms. The van der Waals surface area contributed by atoms with Gasteiger partial charge in [-0.2, -0.15) is 0 Å². The van der Waals surface area contributed by atoms with Crippen molar-refractivity contribution in [3.63, 3.8) is 0 Å². The lowest BCUT2D eigenvalue weighted by molar-refractivity contribution is 0.0998. The molecule has 0 bridgehead atoms. The van der Waals surface area contributed by atoms with Gasteiger partial charge in [0.1, 0.15) is 5.75 Å². The molecule has 0 unspecified atom stereocenters. The molecule has 5 nitrogen and oxygen atoms in total. The van der Waals surface area contributed by atoms with Gasteiger partial charge in [0.2, 0.25) is 0 Å². The zero-order chi connectivity index (χ0) is 14.7. The average Bonchev–Trinajstić information content (AvgIpc) is 2.41. The number of aliphatic hydroxyl groups excluding tert-OH is 1. The highest BCUT2D eigenvalue weighted by Gasteiger charge is 2.16. The molecule has 20 heavy (non-hydrogen) atoms. The average molecular weight is 293 g/mol. The van der Waals surface area contributed by atoms with Gasteiger partial charge < -0.3 is 21.3 Å². The number of benzene rings is 2. The van der Waals surface area contributed by atoms with Crippen LogP contribution in [-0.2, 0) is 6.61 Å². The first-order chi connectivity index (χ1) is 9.52. The molecule has 0 aliphatic heterocycles. The summed E-state index contributed by atoms with van der Waals surface area (Å²) < 4.78 is 5.63. The molecule has 5 N–H and O–H groups in total. The molecular weight excluding hydrogens is 280 g/mol. The summed E-state index contributed by atoms with van der Waals surface area (Å²) in [4.78, 5) is 11.4. The van der Waals surface area contributed by atoms with Gasteiger partial charge in [0.15, 0.2) is 5.75 Å². The lowest BCUT2D eigenvalue weighted by Gasteiger charge is -2.14. The number of rotatable bonds is 4. The largest absolute Gasteiger partial charge is 0.455 e. The fraction of sp³-hybridized carbons (Fsp3) is 0.0714. The van der Waals surface area contributed by atoms with Crippen LogP contribution in [0.15, 0.2) is 36.4 Å². The van der Waals surface area contributed by atoms with Crippen LogP contribution in [0, 0.1) is 0 Å². The maximum absolute atomic E-state index is 11.4. The molecule has 0 aromatic heterocycles. The summed E-state index contributed by atoms with van der Waals surface area (Å²) in [7, 11) is 0. The second kappa shape index (κ2) is 5.81. The smallest absolute Gasteiger partial charge is 0.252 e. The molecule has 0 atom stereocenters. The molecular formula is C14H13ClN2O3. The Morgan fingerprint density at radius 3 is 2.65 bits per heavy atom. The summed E-state index contributed by atoms with van der Waals surface area (Å²) in [5, 5.41) is 9.44. The topological polar surface area (TPSA) is 98.6 Å². The summed E-state index contributed by atoms with van der Waals surface area (Å²) in [6.07, 6.45) is 0. The lowest BCUT2D eigenvalue weighted by atomic mass is 10.1. The first-order valence-corrected chi connectivity index (χ1v) is 6.16. The third-order valence-electron chi connectivity index (χ3n) is 2.69. The molecule has 2 rings (SSSR count). The molecule has 2 aromatic rings. The minimum Gasteiger partial charge on any atom is -0.455 e. The van der Waals surface area contributed by atoms with Crippen LogP contribution >= 0.6 is 11.6 Å². The van der Waals surface area contributed by atoms with Gasteiger partial charge in [-0.1, -0.05) is 29.8 Å². The fourth-order valence-corrected chi connectivity index (χ4v) is 2.01. The normalized spacial score (nSPS) is 10.3. The summed E-state index contributed by atoms with van der Waals surface area (Å²) in [6.45, 7) is -0.200. The van der Waals surface area contributed by atoms with Crippen LogP contribution in [0.2, 0.25) is 5.02 Å². The molecule has 0 saturated carbocycles. The predicted octanol–water partition coefficient (Wildman–Crippen LogP) is 2.31. The maximum Gasteiger partial charge on any atom is 0.252 e. The van der Waals surface area contributed by atoms with Crippen LogP contribution < -0.4 is 16.2 Å². The van der Waals surface area contributed by atoms with Crippen LogP contribution in [0.4, 0.5) is 5.69 Å². The van der Waals surface area contributed by atoms with Gasteiger partial charge in [-0.3, -0.25) is 4.79 Å². The van der Waals surface area contributed by atoms with Crippen molar-refractivity contribution in [3.8, 4) is 11.5 Å². The summed E-state index contributed by atoms with van der Waals surface area (Å²) in [5.41, 5.74) is 11.9. The van der Waals surface area contributed by atoms with Gasteiger partial charge in [-0.25, -0.2) is 0 Å². The minimum atomic E-state index is -0.698. The van der Waals surface area contributed by atoms with E-state index < -0.39 is 5.91 Å². The molecule has 0 radical (unpaired) electrons. The zero-order valence-electron chi connectivity index (χ0n) is 10.5. The van der Waals surface area contributed by atoms with E-state index in [1.165, 1.54) is 12.1 Å². The van der Waals surface area contributed by atoms with E-state index in [0.717, 1.165) is 0 Å². The van der Waals surface area contributed by atoms with Crippen LogP contribution in [0.3, 0.4) is 0 Å². The van der Waals surface area contributed by atoms with Crippen molar-refractivity contribution in [3.05, 3.63) is 52.5 Å². The molecule has 2 aromatic carbocycles. The second-order valence-electron chi connectivity index (χ2n) is 4.11. The van der Waals surface area contributed by atoms with Gasteiger partial charge >= 0.3 is 0 Å². The molecule has 104 valence electrons. The Kier molecular flexibility index (Phi) is 4.12.